The Bertz CT molecular complexity index is 559. The van der Waals surface area contributed by atoms with E-state index in [1.54, 1.807) is 17.1 Å². The number of benzene rings is 1. The van der Waals surface area contributed by atoms with Crippen molar-refractivity contribution in [2.24, 2.45) is 5.73 Å². The summed E-state index contributed by atoms with van der Waals surface area (Å²) in [6.07, 6.45) is 3.39. The quantitative estimate of drug-likeness (QED) is 0.646. The van der Waals surface area contributed by atoms with Gasteiger partial charge in [-0.2, -0.15) is 5.10 Å². The molecule has 5 heteroatoms. The van der Waals surface area contributed by atoms with Crippen molar-refractivity contribution in [3.63, 3.8) is 0 Å². The second-order valence-corrected chi connectivity index (χ2v) is 4.35. The van der Waals surface area contributed by atoms with Gasteiger partial charge in [0.25, 0.3) is 0 Å². The number of hydrogen-bond acceptors (Lipinski definition) is 2. The monoisotopic (exact) mass is 248 g/mol. The molecule has 3 N–H and O–H groups in total. The molecule has 0 bridgehead atoms. The maximum atomic E-state index is 7.37. The molecule has 17 heavy (non-hydrogen) atoms. The molecule has 0 aliphatic carbocycles. The van der Waals surface area contributed by atoms with Crippen LogP contribution in [0.15, 0.2) is 30.6 Å². The Morgan fingerprint density at radius 1 is 1.53 bits per heavy atom. The lowest BCUT2D eigenvalue weighted by atomic mass is 10.0. The van der Waals surface area contributed by atoms with Crippen LogP contribution in [0.4, 0.5) is 0 Å². The average Bonchev–Trinajstić information content (AvgIpc) is 2.67. The van der Waals surface area contributed by atoms with E-state index in [0.717, 1.165) is 16.7 Å². The van der Waals surface area contributed by atoms with E-state index >= 15 is 0 Å². The molecule has 1 heterocycles. The molecule has 0 atom stereocenters. The summed E-state index contributed by atoms with van der Waals surface area (Å²) in [5.41, 5.74) is 8.40. The lowest BCUT2D eigenvalue weighted by Gasteiger charge is -2.08. The Hall–Kier alpha value is -1.81. The number of aromatic nitrogens is 2. The smallest absolute Gasteiger partial charge is 0.122 e. The van der Waals surface area contributed by atoms with Gasteiger partial charge in [0.2, 0.25) is 0 Å². The number of nitrogens with zero attached hydrogens (tertiary/aromatic N) is 2. The molecule has 2 rings (SSSR count). The Morgan fingerprint density at radius 3 is 2.82 bits per heavy atom. The first-order valence-corrected chi connectivity index (χ1v) is 5.56. The Kier molecular flexibility index (Phi) is 3.15. The van der Waals surface area contributed by atoms with Crippen LogP contribution in [0.5, 0.6) is 0 Å². The Morgan fingerprint density at radius 2 is 2.29 bits per heavy atom. The minimum absolute atomic E-state index is 0.0850. The van der Waals surface area contributed by atoms with Crippen LogP contribution in [0.25, 0.3) is 0 Å². The zero-order valence-corrected chi connectivity index (χ0v) is 10.2. The molecule has 0 fully saturated rings. The highest BCUT2D eigenvalue weighted by Gasteiger charge is 2.04. The van der Waals surface area contributed by atoms with Gasteiger partial charge < -0.3 is 5.73 Å². The van der Waals surface area contributed by atoms with Crippen molar-refractivity contribution in [3.05, 3.63) is 52.3 Å². The summed E-state index contributed by atoms with van der Waals surface area (Å²) >= 11 is 5.81. The van der Waals surface area contributed by atoms with Gasteiger partial charge in [0, 0.05) is 11.8 Å². The van der Waals surface area contributed by atoms with Gasteiger partial charge in [-0.05, 0) is 24.1 Å². The number of halogens is 1. The van der Waals surface area contributed by atoms with Crippen LogP contribution in [-0.4, -0.2) is 15.6 Å². The van der Waals surface area contributed by atoms with Crippen LogP contribution in [0.2, 0.25) is 5.02 Å². The third-order valence-electron chi connectivity index (χ3n) is 2.59. The minimum Gasteiger partial charge on any atom is -0.384 e. The number of nitrogen functional groups attached to an aromatic ring is 1. The minimum atomic E-state index is 0.0850. The van der Waals surface area contributed by atoms with Gasteiger partial charge in [-0.15, -0.1) is 0 Å². The lowest BCUT2D eigenvalue weighted by molar-refractivity contribution is 0.684. The standard InChI is InChI=1S/C12H13ClN4/c1-8-4-9(12(14)15)2-3-10(8)6-17-7-11(13)5-16-17/h2-5,7H,6H2,1H3,(H3,14,15). The molecule has 0 spiro atoms. The first kappa shape index (κ1) is 11.7. The number of nitrogens with two attached hydrogens (primary N) is 1. The number of rotatable bonds is 3. The summed E-state index contributed by atoms with van der Waals surface area (Å²) in [7, 11) is 0. The highest BCUT2D eigenvalue weighted by atomic mass is 35.5. The van der Waals surface area contributed by atoms with Gasteiger partial charge in [-0.1, -0.05) is 23.7 Å². The van der Waals surface area contributed by atoms with Crippen molar-refractivity contribution in [1.29, 1.82) is 5.41 Å². The molecule has 1 aromatic heterocycles. The largest absolute Gasteiger partial charge is 0.384 e. The van der Waals surface area contributed by atoms with Crippen LogP contribution in [0, 0.1) is 12.3 Å². The summed E-state index contributed by atoms with van der Waals surface area (Å²) in [5.74, 6) is 0.0850. The molecule has 0 aliphatic heterocycles. The van der Waals surface area contributed by atoms with Crippen molar-refractivity contribution < 1.29 is 0 Å². The molecule has 0 unspecified atom stereocenters. The van der Waals surface area contributed by atoms with Crippen LogP contribution in [0.3, 0.4) is 0 Å². The number of hydrogen-bond donors (Lipinski definition) is 2. The fourth-order valence-electron chi connectivity index (χ4n) is 1.64. The highest BCUT2D eigenvalue weighted by Crippen LogP contribution is 2.13. The van der Waals surface area contributed by atoms with Crippen molar-refractivity contribution in [2.75, 3.05) is 0 Å². The van der Waals surface area contributed by atoms with Crippen LogP contribution in [-0.2, 0) is 6.54 Å². The third kappa shape index (κ3) is 2.65. The second-order valence-electron chi connectivity index (χ2n) is 3.91. The maximum Gasteiger partial charge on any atom is 0.122 e. The molecule has 4 nitrogen and oxygen atoms in total. The molecule has 2 aromatic rings. The van der Waals surface area contributed by atoms with E-state index in [0.29, 0.717) is 11.6 Å². The molecule has 0 saturated carbocycles. The fourth-order valence-corrected chi connectivity index (χ4v) is 1.80. The van der Waals surface area contributed by atoms with E-state index in [1.165, 1.54) is 0 Å². The van der Waals surface area contributed by atoms with E-state index in [4.69, 9.17) is 22.7 Å². The number of nitrogens with one attached hydrogen (secondary N) is 1. The summed E-state index contributed by atoms with van der Waals surface area (Å²) in [4.78, 5) is 0. The van der Waals surface area contributed by atoms with E-state index in [-0.39, 0.29) is 5.84 Å². The van der Waals surface area contributed by atoms with Gasteiger partial charge in [0.05, 0.1) is 17.8 Å². The van der Waals surface area contributed by atoms with Gasteiger partial charge in [0.1, 0.15) is 5.84 Å². The van der Waals surface area contributed by atoms with Crippen LogP contribution >= 0.6 is 11.6 Å². The molecule has 0 radical (unpaired) electrons. The molecule has 0 aliphatic rings. The Balaban J connectivity index is 2.25. The summed E-state index contributed by atoms with van der Waals surface area (Å²) in [6, 6.07) is 5.71. The highest BCUT2D eigenvalue weighted by molar-refractivity contribution is 6.30. The third-order valence-corrected chi connectivity index (χ3v) is 2.78. The molecule has 1 aromatic carbocycles. The molecular weight excluding hydrogens is 236 g/mol. The average molecular weight is 249 g/mol. The van der Waals surface area contributed by atoms with Crippen molar-refractivity contribution >= 4 is 17.4 Å². The Labute approximate surface area is 105 Å². The number of amidine groups is 1. The second kappa shape index (κ2) is 4.59. The SMILES string of the molecule is Cc1cc(C(=N)N)ccc1Cn1cc(Cl)cn1. The molecule has 88 valence electrons. The van der Waals surface area contributed by atoms with E-state index < -0.39 is 0 Å². The lowest BCUT2D eigenvalue weighted by Crippen LogP contribution is -2.12. The zero-order valence-electron chi connectivity index (χ0n) is 9.44. The summed E-state index contributed by atoms with van der Waals surface area (Å²) in [5, 5.41) is 12.1. The van der Waals surface area contributed by atoms with Crippen molar-refractivity contribution in [1.82, 2.24) is 9.78 Å². The van der Waals surface area contributed by atoms with Crippen molar-refractivity contribution in [2.45, 2.75) is 13.5 Å². The van der Waals surface area contributed by atoms with Gasteiger partial charge in [-0.25, -0.2) is 0 Å². The van der Waals surface area contributed by atoms with Gasteiger partial charge in [-0.3, -0.25) is 10.1 Å². The summed E-state index contributed by atoms with van der Waals surface area (Å²) in [6.45, 7) is 2.66. The predicted molar refractivity (Wildman–Crippen MR) is 68.5 cm³/mol. The van der Waals surface area contributed by atoms with Crippen LogP contribution < -0.4 is 5.73 Å². The molecular formula is C12H13ClN4. The topological polar surface area (TPSA) is 67.7 Å². The first-order valence-electron chi connectivity index (χ1n) is 5.18. The van der Waals surface area contributed by atoms with E-state index in [1.807, 2.05) is 25.1 Å². The predicted octanol–water partition coefficient (Wildman–Crippen LogP) is 2.18. The first-order chi connectivity index (χ1) is 8.06. The van der Waals surface area contributed by atoms with Gasteiger partial charge >= 0.3 is 0 Å². The van der Waals surface area contributed by atoms with Crippen molar-refractivity contribution in [3.8, 4) is 0 Å². The molecule has 0 amide bonds. The van der Waals surface area contributed by atoms with Gasteiger partial charge in [0.15, 0.2) is 0 Å². The summed E-state index contributed by atoms with van der Waals surface area (Å²) < 4.78 is 1.78. The fraction of sp³-hybridized carbons (Fsp3) is 0.167. The number of aryl methyl sites for hydroxylation is 1. The van der Waals surface area contributed by atoms with Crippen LogP contribution in [0.1, 0.15) is 16.7 Å². The normalized spacial score (nSPS) is 10.5. The van der Waals surface area contributed by atoms with E-state index in [9.17, 15) is 0 Å². The maximum absolute atomic E-state index is 7.37. The van der Waals surface area contributed by atoms with E-state index in [2.05, 4.69) is 5.10 Å². The zero-order chi connectivity index (χ0) is 12.4. The molecule has 0 saturated heterocycles.